The maximum absolute atomic E-state index is 12.1. The van der Waals surface area contributed by atoms with Gasteiger partial charge in [-0.2, -0.15) is 0 Å². The molecule has 136 valence electrons. The number of amides is 1. The summed E-state index contributed by atoms with van der Waals surface area (Å²) >= 11 is 1.43. The molecule has 0 aliphatic carbocycles. The fraction of sp³-hybridized carbons (Fsp3) is 0.526. The molecule has 1 aromatic heterocycles. The van der Waals surface area contributed by atoms with Crippen LogP contribution in [0.1, 0.15) is 50.4 Å². The Bertz CT molecular complexity index is 684. The minimum Gasteiger partial charge on any atom is -0.325 e. The first-order valence-corrected chi connectivity index (χ1v) is 9.97. The van der Waals surface area contributed by atoms with Crippen LogP contribution in [0.4, 0.5) is 5.69 Å². The number of carbonyl (C=O) groups excluding carboxylic acids is 1. The highest BCUT2D eigenvalue weighted by Crippen LogP contribution is 2.18. The zero-order chi connectivity index (χ0) is 18.1. The number of thioether (sulfide) groups is 1. The van der Waals surface area contributed by atoms with Crippen LogP contribution in [0.25, 0.3) is 0 Å². The molecule has 6 heteroatoms. The van der Waals surface area contributed by atoms with E-state index in [0.717, 1.165) is 35.1 Å². The molecule has 2 rings (SSSR count). The van der Waals surface area contributed by atoms with Crippen LogP contribution in [0, 0.1) is 6.92 Å². The molecule has 1 amide bonds. The number of hydrogen-bond acceptors (Lipinski definition) is 4. The molecular weight excluding hydrogens is 332 g/mol. The summed E-state index contributed by atoms with van der Waals surface area (Å²) in [4.78, 5) is 12.1. The Kier molecular flexibility index (Phi) is 7.98. The van der Waals surface area contributed by atoms with Crippen LogP contribution in [0.5, 0.6) is 0 Å². The number of carbonyl (C=O) groups is 1. The summed E-state index contributed by atoms with van der Waals surface area (Å²) < 4.78 is 2.01. The number of benzene rings is 1. The third-order valence-corrected chi connectivity index (χ3v) is 5.20. The molecule has 1 N–H and O–H groups in total. The van der Waals surface area contributed by atoms with Crippen LogP contribution in [0.3, 0.4) is 0 Å². The van der Waals surface area contributed by atoms with E-state index in [4.69, 9.17) is 0 Å². The molecule has 0 unspecified atom stereocenters. The first-order chi connectivity index (χ1) is 12.1. The van der Waals surface area contributed by atoms with Gasteiger partial charge >= 0.3 is 0 Å². The van der Waals surface area contributed by atoms with Gasteiger partial charge in [-0.3, -0.25) is 4.79 Å². The van der Waals surface area contributed by atoms with Gasteiger partial charge in [0.05, 0.1) is 5.75 Å². The number of rotatable bonds is 10. The summed E-state index contributed by atoms with van der Waals surface area (Å²) in [5.74, 6) is 1.30. The summed E-state index contributed by atoms with van der Waals surface area (Å²) in [6, 6.07) is 7.78. The number of para-hydroxylation sites is 1. The smallest absolute Gasteiger partial charge is 0.234 e. The van der Waals surface area contributed by atoms with Gasteiger partial charge in [0.15, 0.2) is 5.16 Å². The van der Waals surface area contributed by atoms with Crippen LogP contribution in [-0.4, -0.2) is 26.4 Å². The third kappa shape index (κ3) is 6.20. The molecule has 0 saturated carbocycles. The van der Waals surface area contributed by atoms with E-state index < -0.39 is 0 Å². The summed E-state index contributed by atoms with van der Waals surface area (Å²) in [5.41, 5.74) is 1.92. The Morgan fingerprint density at radius 3 is 2.68 bits per heavy atom. The van der Waals surface area contributed by atoms with Crippen molar-refractivity contribution in [2.45, 2.75) is 57.5 Å². The van der Waals surface area contributed by atoms with Crippen molar-refractivity contribution in [3.8, 4) is 0 Å². The van der Waals surface area contributed by atoms with E-state index in [1.54, 1.807) is 0 Å². The quantitative estimate of drug-likeness (QED) is 0.505. The standard InChI is InChI=1S/C19H28N4OS/c1-4-5-6-7-8-13-17-21-22-19(23(17)3)25-14-18(24)20-16-12-10-9-11-15(16)2/h9-12H,4-8,13-14H2,1-3H3,(H,20,24). The molecule has 0 saturated heterocycles. The van der Waals surface area contributed by atoms with Crippen LogP contribution in [-0.2, 0) is 18.3 Å². The Labute approximate surface area is 154 Å². The summed E-state index contributed by atoms with van der Waals surface area (Å²) in [7, 11) is 1.98. The number of aryl methyl sites for hydroxylation is 2. The number of hydrogen-bond donors (Lipinski definition) is 1. The van der Waals surface area contributed by atoms with Crippen molar-refractivity contribution in [1.29, 1.82) is 0 Å². The van der Waals surface area contributed by atoms with Gasteiger partial charge < -0.3 is 9.88 Å². The second-order valence-electron chi connectivity index (χ2n) is 6.27. The van der Waals surface area contributed by atoms with Gasteiger partial charge in [0.1, 0.15) is 5.82 Å². The molecule has 0 fully saturated rings. The van der Waals surface area contributed by atoms with Gasteiger partial charge in [-0.1, -0.05) is 62.6 Å². The van der Waals surface area contributed by atoms with Gasteiger partial charge in [-0.05, 0) is 25.0 Å². The Morgan fingerprint density at radius 2 is 1.92 bits per heavy atom. The van der Waals surface area contributed by atoms with Crippen LogP contribution < -0.4 is 5.32 Å². The van der Waals surface area contributed by atoms with E-state index >= 15 is 0 Å². The van der Waals surface area contributed by atoms with Crippen molar-refractivity contribution in [3.63, 3.8) is 0 Å². The molecule has 1 aromatic carbocycles. The van der Waals surface area contributed by atoms with Crippen LogP contribution in [0.2, 0.25) is 0 Å². The number of unbranched alkanes of at least 4 members (excludes halogenated alkanes) is 4. The molecule has 0 radical (unpaired) electrons. The first-order valence-electron chi connectivity index (χ1n) is 8.98. The molecule has 25 heavy (non-hydrogen) atoms. The second-order valence-corrected chi connectivity index (χ2v) is 7.22. The fourth-order valence-corrected chi connectivity index (χ4v) is 3.33. The lowest BCUT2D eigenvalue weighted by molar-refractivity contribution is -0.113. The predicted molar refractivity (Wildman–Crippen MR) is 104 cm³/mol. The monoisotopic (exact) mass is 360 g/mol. The van der Waals surface area contributed by atoms with Crippen LogP contribution >= 0.6 is 11.8 Å². The summed E-state index contributed by atoms with van der Waals surface area (Å²) in [5, 5.41) is 12.2. The molecule has 5 nitrogen and oxygen atoms in total. The number of aromatic nitrogens is 3. The number of nitrogens with one attached hydrogen (secondary N) is 1. The van der Waals surface area contributed by atoms with Crippen molar-refractivity contribution in [2.24, 2.45) is 7.05 Å². The minimum atomic E-state index is -0.0246. The van der Waals surface area contributed by atoms with E-state index in [2.05, 4.69) is 22.4 Å². The lowest BCUT2D eigenvalue weighted by Crippen LogP contribution is -2.15. The maximum Gasteiger partial charge on any atom is 0.234 e. The van der Waals surface area contributed by atoms with E-state index in [1.807, 2.05) is 42.8 Å². The van der Waals surface area contributed by atoms with Gasteiger partial charge in [-0.15, -0.1) is 10.2 Å². The topological polar surface area (TPSA) is 59.8 Å². The van der Waals surface area contributed by atoms with Crippen molar-refractivity contribution in [2.75, 3.05) is 11.1 Å². The molecule has 0 bridgehead atoms. The number of nitrogens with zero attached hydrogens (tertiary/aromatic N) is 3. The molecule has 1 heterocycles. The molecular formula is C19H28N4OS. The zero-order valence-corrected chi connectivity index (χ0v) is 16.2. The largest absolute Gasteiger partial charge is 0.325 e. The maximum atomic E-state index is 12.1. The predicted octanol–water partition coefficient (Wildman–Crippen LogP) is 4.37. The Morgan fingerprint density at radius 1 is 1.16 bits per heavy atom. The van der Waals surface area contributed by atoms with Gasteiger partial charge in [0.25, 0.3) is 0 Å². The first kappa shape index (κ1) is 19.5. The van der Waals surface area contributed by atoms with E-state index in [0.29, 0.717) is 5.75 Å². The minimum absolute atomic E-state index is 0.0246. The lowest BCUT2D eigenvalue weighted by Gasteiger charge is -2.08. The van der Waals surface area contributed by atoms with Crippen molar-refractivity contribution < 1.29 is 4.79 Å². The highest BCUT2D eigenvalue weighted by Gasteiger charge is 2.12. The third-order valence-electron chi connectivity index (χ3n) is 4.18. The SMILES string of the molecule is CCCCCCCc1nnc(SCC(=O)Nc2ccccc2C)n1C. The molecule has 2 aromatic rings. The van der Waals surface area contributed by atoms with E-state index in [9.17, 15) is 4.79 Å². The Balaban J connectivity index is 1.79. The summed E-state index contributed by atoms with van der Waals surface area (Å²) in [6.07, 6.45) is 7.18. The van der Waals surface area contributed by atoms with Crippen LogP contribution in [0.15, 0.2) is 29.4 Å². The van der Waals surface area contributed by atoms with E-state index in [-0.39, 0.29) is 5.91 Å². The van der Waals surface area contributed by atoms with Gasteiger partial charge in [-0.25, -0.2) is 0 Å². The average molecular weight is 361 g/mol. The van der Waals surface area contributed by atoms with Gasteiger partial charge in [0.2, 0.25) is 5.91 Å². The van der Waals surface area contributed by atoms with Crippen molar-refractivity contribution >= 4 is 23.4 Å². The fourth-order valence-electron chi connectivity index (χ4n) is 2.60. The van der Waals surface area contributed by atoms with Crippen molar-refractivity contribution in [1.82, 2.24) is 14.8 Å². The zero-order valence-electron chi connectivity index (χ0n) is 15.4. The highest BCUT2D eigenvalue weighted by atomic mass is 32.2. The Hall–Kier alpha value is -1.82. The lowest BCUT2D eigenvalue weighted by atomic mass is 10.1. The van der Waals surface area contributed by atoms with E-state index in [1.165, 1.54) is 37.4 Å². The molecule has 0 aliphatic heterocycles. The summed E-state index contributed by atoms with van der Waals surface area (Å²) in [6.45, 7) is 4.21. The average Bonchev–Trinajstić information content (AvgIpc) is 2.95. The highest BCUT2D eigenvalue weighted by molar-refractivity contribution is 7.99. The molecule has 0 spiro atoms. The van der Waals surface area contributed by atoms with Gasteiger partial charge in [0, 0.05) is 19.2 Å². The molecule has 0 aliphatic rings. The van der Waals surface area contributed by atoms with Crippen molar-refractivity contribution in [3.05, 3.63) is 35.7 Å². The molecule has 0 atom stereocenters. The second kappa shape index (κ2) is 10.2. The normalized spacial score (nSPS) is 10.8. The number of anilines is 1.